The van der Waals surface area contributed by atoms with Crippen molar-refractivity contribution in [2.75, 3.05) is 19.6 Å². The molecule has 1 aliphatic heterocycles. The zero-order valence-electron chi connectivity index (χ0n) is 22.5. The highest BCUT2D eigenvalue weighted by molar-refractivity contribution is 5.87. The molecule has 37 heavy (non-hydrogen) atoms. The summed E-state index contributed by atoms with van der Waals surface area (Å²) in [5.41, 5.74) is 3.45. The number of piperidine rings is 1. The third-order valence-corrected chi connectivity index (χ3v) is 7.37. The molecule has 0 bridgehead atoms. The van der Waals surface area contributed by atoms with Gasteiger partial charge in [-0.3, -0.25) is 0 Å². The molecule has 1 N–H and O–H groups in total. The van der Waals surface area contributed by atoms with Crippen LogP contribution in [0, 0.1) is 5.92 Å². The minimum Gasteiger partial charge on any atom is -0.478 e. The van der Waals surface area contributed by atoms with Crippen molar-refractivity contribution >= 4 is 18.1 Å². The molecule has 0 spiro atoms. The van der Waals surface area contributed by atoms with Crippen molar-refractivity contribution < 1.29 is 19.4 Å². The first-order valence-corrected chi connectivity index (χ1v) is 13.4. The minimum absolute atomic E-state index is 0.181. The molecular weight excluding hydrogens is 464 g/mol. The third-order valence-electron chi connectivity index (χ3n) is 7.37. The standard InChI is InChI=1S/C31H40N2O4/c1-22(20-24-8-6-5-7-9-24)27-21-28(27)33(30(36)37-31(2,3)4)26-15-18-32(19-16-26)17-14-23-10-12-25(13-11-23)29(34)35/h5-13,20,26-28H,14-19,21H2,1-4H3,(H,34,35)/b22-20+. The highest BCUT2D eigenvalue weighted by Crippen LogP contribution is 2.44. The first-order valence-electron chi connectivity index (χ1n) is 13.4. The number of nitrogens with zero attached hydrogens (tertiary/aromatic N) is 2. The lowest BCUT2D eigenvalue weighted by molar-refractivity contribution is 0.00492. The van der Waals surface area contributed by atoms with Gasteiger partial charge in [0.25, 0.3) is 0 Å². The molecular formula is C31H40N2O4. The average Bonchev–Trinajstić information content (AvgIpc) is 3.64. The molecule has 1 saturated heterocycles. The van der Waals surface area contributed by atoms with E-state index in [1.165, 1.54) is 11.1 Å². The monoisotopic (exact) mass is 504 g/mol. The largest absolute Gasteiger partial charge is 0.478 e. The third kappa shape index (κ3) is 7.45. The molecule has 0 radical (unpaired) electrons. The summed E-state index contributed by atoms with van der Waals surface area (Å²) in [6.07, 6.45) is 5.78. The highest BCUT2D eigenvalue weighted by atomic mass is 16.6. The van der Waals surface area contributed by atoms with Crippen LogP contribution >= 0.6 is 0 Å². The van der Waals surface area contributed by atoms with Crippen LogP contribution < -0.4 is 0 Å². The number of carboxylic acid groups (broad SMARTS) is 1. The molecule has 2 atom stereocenters. The molecule has 2 fully saturated rings. The Morgan fingerprint density at radius 3 is 2.30 bits per heavy atom. The van der Waals surface area contributed by atoms with Crippen LogP contribution in [-0.2, 0) is 11.2 Å². The first kappa shape index (κ1) is 26.9. The number of benzene rings is 2. The molecule has 2 unspecified atom stereocenters. The normalized spacial score (nSPS) is 20.9. The molecule has 1 saturated carbocycles. The zero-order valence-corrected chi connectivity index (χ0v) is 22.5. The average molecular weight is 505 g/mol. The second-order valence-corrected chi connectivity index (χ2v) is 11.4. The number of aromatic carboxylic acids is 1. The van der Waals surface area contributed by atoms with E-state index in [0.717, 1.165) is 50.9 Å². The van der Waals surface area contributed by atoms with Gasteiger partial charge in [0.05, 0.1) is 5.56 Å². The van der Waals surface area contributed by atoms with Crippen LogP contribution in [-0.4, -0.2) is 64.3 Å². The SMILES string of the molecule is C/C(=C\c1ccccc1)C1CC1N(C(=O)OC(C)(C)C)C1CCN(CCc2ccc(C(=O)O)cc2)CC1. The van der Waals surface area contributed by atoms with E-state index in [1.54, 1.807) is 12.1 Å². The van der Waals surface area contributed by atoms with Crippen LogP contribution in [0.2, 0.25) is 0 Å². The van der Waals surface area contributed by atoms with E-state index < -0.39 is 11.6 Å². The fraction of sp³-hybridized carbons (Fsp3) is 0.484. The molecule has 1 aliphatic carbocycles. The number of hydrogen-bond donors (Lipinski definition) is 1. The van der Waals surface area contributed by atoms with Gasteiger partial charge in [-0.05, 0) is 76.6 Å². The van der Waals surface area contributed by atoms with Crippen molar-refractivity contribution in [3.05, 3.63) is 76.9 Å². The molecule has 4 rings (SSSR count). The van der Waals surface area contributed by atoms with Crippen LogP contribution in [0.4, 0.5) is 4.79 Å². The fourth-order valence-electron chi connectivity index (χ4n) is 5.29. The van der Waals surface area contributed by atoms with E-state index in [2.05, 4.69) is 47.1 Å². The summed E-state index contributed by atoms with van der Waals surface area (Å²) in [4.78, 5) is 28.9. The van der Waals surface area contributed by atoms with Crippen LogP contribution in [0.5, 0.6) is 0 Å². The van der Waals surface area contributed by atoms with Gasteiger partial charge in [0.15, 0.2) is 0 Å². The van der Waals surface area contributed by atoms with E-state index in [-0.39, 0.29) is 18.2 Å². The molecule has 2 aromatic rings. The Kier molecular flexibility index (Phi) is 8.38. The number of rotatable bonds is 8. The Labute approximate surface area is 220 Å². The van der Waals surface area contributed by atoms with Crippen molar-refractivity contribution in [1.82, 2.24) is 9.80 Å². The topological polar surface area (TPSA) is 70.1 Å². The van der Waals surface area contributed by atoms with E-state index in [1.807, 2.05) is 39.0 Å². The van der Waals surface area contributed by atoms with E-state index in [9.17, 15) is 9.59 Å². The van der Waals surface area contributed by atoms with Crippen molar-refractivity contribution in [2.24, 2.45) is 5.92 Å². The van der Waals surface area contributed by atoms with Crippen molar-refractivity contribution in [2.45, 2.75) is 71.1 Å². The van der Waals surface area contributed by atoms with Crippen LogP contribution in [0.3, 0.4) is 0 Å². The van der Waals surface area contributed by atoms with Crippen LogP contribution in [0.25, 0.3) is 6.08 Å². The molecule has 6 nitrogen and oxygen atoms in total. The zero-order chi connectivity index (χ0) is 26.6. The second kappa shape index (κ2) is 11.5. The maximum atomic E-state index is 13.4. The second-order valence-electron chi connectivity index (χ2n) is 11.4. The summed E-state index contributed by atoms with van der Waals surface area (Å²) in [5.74, 6) is -0.522. The van der Waals surface area contributed by atoms with Gasteiger partial charge >= 0.3 is 12.1 Å². The summed E-state index contributed by atoms with van der Waals surface area (Å²) in [7, 11) is 0. The maximum Gasteiger partial charge on any atom is 0.410 e. The quantitative estimate of drug-likeness (QED) is 0.469. The minimum atomic E-state index is -0.896. The van der Waals surface area contributed by atoms with E-state index in [4.69, 9.17) is 9.84 Å². The van der Waals surface area contributed by atoms with Crippen molar-refractivity contribution in [1.29, 1.82) is 0 Å². The van der Waals surface area contributed by atoms with Gasteiger partial charge in [-0.25, -0.2) is 9.59 Å². The summed E-state index contributed by atoms with van der Waals surface area (Å²) in [6.45, 7) is 10.8. The number of carboxylic acids is 1. The Balaban J connectivity index is 1.36. The van der Waals surface area contributed by atoms with E-state index in [0.29, 0.717) is 11.5 Å². The van der Waals surface area contributed by atoms with E-state index >= 15 is 0 Å². The predicted molar refractivity (Wildman–Crippen MR) is 147 cm³/mol. The molecule has 1 amide bonds. The van der Waals surface area contributed by atoms with Crippen molar-refractivity contribution in [3.63, 3.8) is 0 Å². The molecule has 2 aliphatic rings. The lowest BCUT2D eigenvalue weighted by Gasteiger charge is -2.39. The Bertz CT molecular complexity index is 1100. The Morgan fingerprint density at radius 1 is 1.05 bits per heavy atom. The maximum absolute atomic E-state index is 13.4. The van der Waals surface area contributed by atoms with Crippen LogP contribution in [0.1, 0.15) is 68.4 Å². The summed E-state index contributed by atoms with van der Waals surface area (Å²) in [5, 5.41) is 9.09. The van der Waals surface area contributed by atoms with Crippen molar-refractivity contribution in [3.8, 4) is 0 Å². The number of ether oxygens (including phenoxy) is 1. The fourth-order valence-corrected chi connectivity index (χ4v) is 5.29. The Morgan fingerprint density at radius 2 is 1.70 bits per heavy atom. The predicted octanol–water partition coefficient (Wildman–Crippen LogP) is 6.12. The number of amides is 1. The Hall–Kier alpha value is -3.12. The van der Waals surface area contributed by atoms with Gasteiger partial charge in [-0.15, -0.1) is 0 Å². The van der Waals surface area contributed by atoms with Crippen LogP contribution in [0.15, 0.2) is 60.2 Å². The number of likely N-dealkylation sites (tertiary alicyclic amines) is 1. The summed E-state index contributed by atoms with van der Waals surface area (Å²) in [6, 6.07) is 17.9. The van der Waals surface area contributed by atoms with Gasteiger partial charge in [-0.1, -0.05) is 54.1 Å². The van der Waals surface area contributed by atoms with Gasteiger partial charge in [0.1, 0.15) is 5.60 Å². The lowest BCUT2D eigenvalue weighted by Crippen LogP contribution is -2.50. The molecule has 6 heteroatoms. The summed E-state index contributed by atoms with van der Waals surface area (Å²) >= 11 is 0. The molecule has 2 aromatic carbocycles. The smallest absolute Gasteiger partial charge is 0.410 e. The number of carbonyl (C=O) groups excluding carboxylic acids is 1. The summed E-state index contributed by atoms with van der Waals surface area (Å²) < 4.78 is 5.87. The highest BCUT2D eigenvalue weighted by Gasteiger charge is 2.48. The van der Waals surface area contributed by atoms with Gasteiger partial charge in [-0.2, -0.15) is 0 Å². The van der Waals surface area contributed by atoms with Gasteiger partial charge in [0, 0.05) is 37.6 Å². The lowest BCUT2D eigenvalue weighted by atomic mass is 10.0. The molecule has 1 heterocycles. The molecule has 0 aromatic heterocycles. The number of carbonyl (C=O) groups is 2. The van der Waals surface area contributed by atoms with Gasteiger partial charge < -0.3 is 19.6 Å². The van der Waals surface area contributed by atoms with Gasteiger partial charge in [0.2, 0.25) is 0 Å². The molecule has 198 valence electrons. The number of hydrogen-bond acceptors (Lipinski definition) is 4. The first-order chi connectivity index (χ1) is 17.6.